The van der Waals surface area contributed by atoms with Gasteiger partial charge in [-0.05, 0) is 49.1 Å². The zero-order chi connectivity index (χ0) is 42.1. The molecule has 3 heterocycles. The highest BCUT2D eigenvalue weighted by Crippen LogP contribution is 2.32. The molecule has 58 heavy (non-hydrogen) atoms. The number of rotatable bonds is 17. The summed E-state index contributed by atoms with van der Waals surface area (Å²) in [4.78, 5) is 114. The predicted octanol–water partition coefficient (Wildman–Crippen LogP) is -0.379. The normalized spacial score (nSPS) is 18.4. The van der Waals surface area contributed by atoms with E-state index < -0.39 is 89.3 Å². The number of amides is 6. The second-order valence-corrected chi connectivity index (χ2v) is 15.1. The fourth-order valence-corrected chi connectivity index (χ4v) is 7.15. The summed E-state index contributed by atoms with van der Waals surface area (Å²) < 4.78 is 5.32. The van der Waals surface area contributed by atoms with E-state index in [0.717, 1.165) is 11.1 Å². The van der Waals surface area contributed by atoms with Crippen LogP contribution in [-0.4, -0.2) is 104 Å². The largest absolute Gasteiger partial charge is 0.508 e. The van der Waals surface area contributed by atoms with Crippen molar-refractivity contribution in [3.8, 4) is 5.75 Å². The first kappa shape index (κ1) is 42.6. The maximum absolute atomic E-state index is 14.5. The first-order valence-corrected chi connectivity index (χ1v) is 18.8. The maximum Gasteiger partial charge on any atom is 0.310 e. The number of H-pyrrole nitrogens is 1. The van der Waals surface area contributed by atoms with E-state index in [2.05, 4.69) is 31.2 Å². The van der Waals surface area contributed by atoms with Gasteiger partial charge in [0, 0.05) is 64.0 Å². The van der Waals surface area contributed by atoms with Crippen molar-refractivity contribution in [2.24, 2.45) is 11.7 Å². The molecule has 2 aliphatic heterocycles. The number of ketones is 1. The first-order chi connectivity index (χ1) is 27.5. The number of Topliss-reactive ketones (excluding diaryl/α,β-unsaturated/α-hetero) is 1. The number of esters is 1. The number of primary amides is 1. The Morgan fingerprint density at radius 1 is 0.948 bits per heavy atom. The second kappa shape index (κ2) is 18.6. The Hall–Kier alpha value is -6.59. The number of carbonyl (C=O) groups is 8. The predicted molar refractivity (Wildman–Crippen MR) is 205 cm³/mol. The molecule has 2 aliphatic rings. The third kappa shape index (κ3) is 11.0. The van der Waals surface area contributed by atoms with Crippen molar-refractivity contribution in [3.05, 3.63) is 83.4 Å². The van der Waals surface area contributed by atoms with Crippen LogP contribution < -0.4 is 27.0 Å². The van der Waals surface area contributed by atoms with Crippen LogP contribution in [0, 0.1) is 5.92 Å². The molecule has 2 aromatic carbocycles. The van der Waals surface area contributed by atoms with Crippen LogP contribution in [0.1, 0.15) is 61.9 Å². The van der Waals surface area contributed by atoms with E-state index in [-0.39, 0.29) is 50.8 Å². The lowest BCUT2D eigenvalue weighted by Crippen LogP contribution is -2.60. The van der Waals surface area contributed by atoms with Gasteiger partial charge in [-0.15, -0.1) is 0 Å². The van der Waals surface area contributed by atoms with Crippen molar-refractivity contribution in [2.45, 2.75) is 95.1 Å². The van der Waals surface area contributed by atoms with Crippen molar-refractivity contribution in [1.82, 2.24) is 36.1 Å². The monoisotopic (exact) mass is 800 g/mol. The number of cyclic esters (lactones) is 1. The lowest BCUT2D eigenvalue weighted by molar-refractivity contribution is -0.149. The number of fused-ring (bicyclic) bond motifs is 1. The molecule has 3 aromatic rings. The van der Waals surface area contributed by atoms with Crippen LogP contribution >= 0.6 is 0 Å². The highest BCUT2D eigenvalue weighted by molar-refractivity contribution is 6.36. The topological polar surface area (TPSA) is 272 Å². The number of ether oxygens (including phenoxy) is 1. The minimum absolute atomic E-state index is 0.0230. The minimum atomic E-state index is -1.44. The van der Waals surface area contributed by atoms with Gasteiger partial charge in [0.25, 0.3) is 5.91 Å². The second-order valence-electron chi connectivity index (χ2n) is 15.1. The zero-order valence-corrected chi connectivity index (χ0v) is 32.4. The van der Waals surface area contributed by atoms with Crippen LogP contribution in [0.5, 0.6) is 5.75 Å². The molecule has 2 unspecified atom stereocenters. The number of nitrogens with zero attached hydrogens (tertiary/aromatic N) is 2. The smallest absolute Gasteiger partial charge is 0.310 e. The molecule has 0 spiro atoms. The van der Waals surface area contributed by atoms with Crippen LogP contribution in [0.4, 0.5) is 0 Å². The molecule has 18 nitrogen and oxygen atoms in total. The lowest BCUT2D eigenvalue weighted by Gasteiger charge is -2.37. The van der Waals surface area contributed by atoms with Gasteiger partial charge in [0.1, 0.15) is 35.5 Å². The number of likely N-dealkylation sites (N-methyl/N-ethyl adjacent to an activating group) is 1. The number of nitrogens with one attached hydrogen (secondary N) is 5. The number of carbonyl (C=O) groups excluding carboxylic acids is 8. The third-order valence-electron chi connectivity index (χ3n) is 10.1. The number of phenolic OH excluding ortho intramolecular Hbond substituents is 1. The molecular weight excluding hydrogens is 752 g/mol. The molecule has 1 fully saturated rings. The summed E-state index contributed by atoms with van der Waals surface area (Å²) in [7, 11) is 1.27. The molecule has 308 valence electrons. The van der Waals surface area contributed by atoms with E-state index >= 15 is 0 Å². The van der Waals surface area contributed by atoms with Crippen LogP contribution in [-0.2, 0) is 68.9 Å². The maximum atomic E-state index is 14.5. The minimum Gasteiger partial charge on any atom is -0.508 e. The molecule has 0 saturated carbocycles. The van der Waals surface area contributed by atoms with E-state index in [1.807, 2.05) is 18.2 Å². The summed E-state index contributed by atoms with van der Waals surface area (Å²) in [5.41, 5.74) is 7.63. The van der Waals surface area contributed by atoms with Gasteiger partial charge in [-0.2, -0.15) is 0 Å². The fraction of sp³-hybridized carbons (Fsp3) is 0.425. The van der Waals surface area contributed by atoms with Crippen molar-refractivity contribution in [3.63, 3.8) is 0 Å². The Labute approximate surface area is 334 Å². The molecule has 5 atom stereocenters. The summed E-state index contributed by atoms with van der Waals surface area (Å²) in [5.74, 6) is -6.92. The van der Waals surface area contributed by atoms with Crippen LogP contribution in [0.3, 0.4) is 0 Å². The number of benzene rings is 2. The molecule has 0 radical (unpaired) electrons. The number of hydrogen-bond acceptors (Lipinski definition) is 11. The van der Waals surface area contributed by atoms with E-state index in [1.54, 1.807) is 32.0 Å². The van der Waals surface area contributed by atoms with Crippen LogP contribution in [0.2, 0.25) is 0 Å². The average molecular weight is 801 g/mol. The van der Waals surface area contributed by atoms with Crippen LogP contribution in [0.15, 0.2) is 61.1 Å². The standard InChI is InChI=1S/C40H48N8O10/c1-40(2)18-25(39(57)58-40)16-33(51)45-28(12-13-32(50)37(55)42-3)35(53)46-29(17-26-19-43-21-44-26)36(54)47-30(14-22-8-10-27(49)11-9-22)38(56)48-20-24-7-5-4-6-23(24)15-31(48)34(41)52/h4-11,19,21,25,28-31,49H,12-18,20H2,1-3H3,(H2,41,52)(H,42,55)(H,43,44)(H,45,51)(H,46,53)(H,47,54)/t25?,28-,29-,30?,31-/m0/s1. The molecule has 1 aromatic heterocycles. The summed E-state index contributed by atoms with van der Waals surface area (Å²) in [6.07, 6.45) is 1.85. The van der Waals surface area contributed by atoms with E-state index in [9.17, 15) is 43.5 Å². The number of nitrogens with two attached hydrogens (primary N) is 1. The molecule has 1 saturated heterocycles. The molecule has 18 heteroatoms. The van der Waals surface area contributed by atoms with Crippen molar-refractivity contribution in [1.29, 1.82) is 0 Å². The Morgan fingerprint density at radius 2 is 1.62 bits per heavy atom. The van der Waals surface area contributed by atoms with Gasteiger partial charge in [-0.3, -0.25) is 38.4 Å². The number of aromatic amines is 1. The van der Waals surface area contributed by atoms with Gasteiger partial charge < -0.3 is 46.7 Å². The van der Waals surface area contributed by atoms with E-state index in [4.69, 9.17) is 10.5 Å². The summed E-state index contributed by atoms with van der Waals surface area (Å²) in [5, 5.41) is 20.0. The molecule has 0 aliphatic carbocycles. The lowest BCUT2D eigenvalue weighted by atomic mass is 9.92. The molecule has 5 rings (SSSR count). The Balaban J connectivity index is 1.41. The Morgan fingerprint density at radius 3 is 2.24 bits per heavy atom. The average Bonchev–Trinajstić information content (AvgIpc) is 3.80. The quantitative estimate of drug-likeness (QED) is 0.0683. The molecule has 6 amide bonds. The van der Waals surface area contributed by atoms with Crippen LogP contribution in [0.25, 0.3) is 0 Å². The van der Waals surface area contributed by atoms with Crippen molar-refractivity contribution < 1.29 is 48.2 Å². The molecule has 8 N–H and O–H groups in total. The highest BCUT2D eigenvalue weighted by atomic mass is 16.6. The number of phenols is 1. The molecule has 0 bridgehead atoms. The number of aromatic hydroxyl groups is 1. The summed E-state index contributed by atoms with van der Waals surface area (Å²) in [6.45, 7) is 3.45. The van der Waals surface area contributed by atoms with Crippen molar-refractivity contribution >= 4 is 47.2 Å². The van der Waals surface area contributed by atoms with Gasteiger partial charge in [0.2, 0.25) is 35.3 Å². The van der Waals surface area contributed by atoms with Gasteiger partial charge >= 0.3 is 5.97 Å². The SMILES string of the molecule is CNC(=O)C(=O)CC[C@H](NC(=O)CC1CC(C)(C)OC1=O)C(=O)N[C@@H](Cc1cnc[nH]1)C(=O)NC(Cc1ccc(O)cc1)C(=O)N1Cc2ccccc2C[C@H]1C(N)=O. The number of imidazole rings is 1. The molecular formula is C40H48N8O10. The van der Waals surface area contributed by atoms with E-state index in [1.165, 1.54) is 36.6 Å². The van der Waals surface area contributed by atoms with E-state index in [0.29, 0.717) is 11.3 Å². The fourth-order valence-electron chi connectivity index (χ4n) is 7.15. The number of hydrogen-bond donors (Lipinski definition) is 7. The zero-order valence-electron chi connectivity index (χ0n) is 32.4. The van der Waals surface area contributed by atoms with Crippen molar-refractivity contribution in [2.75, 3.05) is 7.05 Å². The highest BCUT2D eigenvalue weighted by Gasteiger charge is 2.42. The first-order valence-electron chi connectivity index (χ1n) is 18.8. The Kier molecular flexibility index (Phi) is 13.6. The number of aromatic nitrogens is 2. The van der Waals surface area contributed by atoms with Gasteiger partial charge in [0.05, 0.1) is 12.2 Å². The summed E-state index contributed by atoms with van der Waals surface area (Å²) in [6, 6.07) is 8.10. The Bertz CT molecular complexity index is 2030. The van der Waals surface area contributed by atoms with Gasteiger partial charge in [0.15, 0.2) is 0 Å². The van der Waals surface area contributed by atoms with Gasteiger partial charge in [-0.25, -0.2) is 4.98 Å². The van der Waals surface area contributed by atoms with Gasteiger partial charge in [-0.1, -0.05) is 36.4 Å². The summed E-state index contributed by atoms with van der Waals surface area (Å²) >= 11 is 0. The third-order valence-corrected chi connectivity index (χ3v) is 10.1.